The van der Waals surface area contributed by atoms with Crippen LogP contribution in [0.15, 0.2) is 24.3 Å². The van der Waals surface area contributed by atoms with Gasteiger partial charge in [-0.25, -0.2) is 0 Å². The van der Waals surface area contributed by atoms with Crippen molar-refractivity contribution in [1.82, 2.24) is 5.32 Å². The minimum Gasteiger partial charge on any atom is -0.493 e. The van der Waals surface area contributed by atoms with Gasteiger partial charge in [-0.1, -0.05) is 18.2 Å². The Bertz CT molecular complexity index is 424. The number of carbonyl (C=O) groups is 1. The Morgan fingerprint density at radius 1 is 1.50 bits per heavy atom. The third-order valence-electron chi connectivity index (χ3n) is 2.97. The van der Waals surface area contributed by atoms with E-state index in [4.69, 9.17) is 16.3 Å². The monoisotopic (exact) mass is 269 g/mol. The second-order valence-corrected chi connectivity index (χ2v) is 4.61. The smallest absolute Gasteiger partial charge is 0.221 e. The van der Waals surface area contributed by atoms with E-state index in [0.717, 1.165) is 0 Å². The molecule has 5 heteroatoms. The summed E-state index contributed by atoms with van der Waals surface area (Å²) >= 11 is 5.52. The molecule has 0 aliphatic carbocycles. The number of fused-ring (bicyclic) bond motifs is 1. The Hall–Kier alpha value is -1.26. The number of aliphatic hydroxyl groups excluding tert-OH is 1. The SMILES string of the molecule is O=C(CCCl)NC1CCOc2ccccc2C1O. The second kappa shape index (κ2) is 6.07. The van der Waals surface area contributed by atoms with Crippen LogP contribution in [0.25, 0.3) is 0 Å². The second-order valence-electron chi connectivity index (χ2n) is 4.23. The van der Waals surface area contributed by atoms with Gasteiger partial charge in [-0.2, -0.15) is 0 Å². The minimum atomic E-state index is -0.747. The standard InChI is InChI=1S/C13H16ClNO3/c14-7-5-12(16)15-10-6-8-18-11-4-2-1-3-9(11)13(10)17/h1-4,10,13,17H,5-8H2,(H,15,16). The molecule has 1 aliphatic rings. The number of carbonyl (C=O) groups excluding carboxylic acids is 1. The van der Waals surface area contributed by atoms with E-state index >= 15 is 0 Å². The fourth-order valence-electron chi connectivity index (χ4n) is 2.04. The molecule has 1 amide bonds. The first kappa shape index (κ1) is 13.2. The molecule has 2 unspecified atom stereocenters. The molecule has 1 aromatic rings. The van der Waals surface area contributed by atoms with Crippen LogP contribution in [0.1, 0.15) is 24.5 Å². The third kappa shape index (κ3) is 2.94. The van der Waals surface area contributed by atoms with Gasteiger partial charge in [0.15, 0.2) is 0 Å². The maximum Gasteiger partial charge on any atom is 0.221 e. The first-order valence-electron chi connectivity index (χ1n) is 5.97. The van der Waals surface area contributed by atoms with E-state index in [-0.39, 0.29) is 24.2 Å². The lowest BCUT2D eigenvalue weighted by atomic mass is 10.00. The van der Waals surface area contributed by atoms with Crippen molar-refractivity contribution >= 4 is 17.5 Å². The highest BCUT2D eigenvalue weighted by atomic mass is 35.5. The van der Waals surface area contributed by atoms with E-state index in [1.165, 1.54) is 0 Å². The van der Waals surface area contributed by atoms with Gasteiger partial charge >= 0.3 is 0 Å². The molecule has 0 saturated heterocycles. The van der Waals surface area contributed by atoms with Crippen molar-refractivity contribution in [3.63, 3.8) is 0 Å². The van der Waals surface area contributed by atoms with Crippen molar-refractivity contribution in [1.29, 1.82) is 0 Å². The van der Waals surface area contributed by atoms with E-state index in [2.05, 4.69) is 5.32 Å². The maximum absolute atomic E-state index is 11.5. The molecule has 1 aromatic carbocycles. The lowest BCUT2D eigenvalue weighted by Crippen LogP contribution is -2.39. The number of ether oxygens (including phenoxy) is 1. The summed E-state index contributed by atoms with van der Waals surface area (Å²) in [5, 5.41) is 13.1. The Kier molecular flexibility index (Phi) is 4.44. The number of alkyl halides is 1. The van der Waals surface area contributed by atoms with Gasteiger partial charge in [0.1, 0.15) is 11.9 Å². The van der Waals surface area contributed by atoms with Crippen LogP contribution in [0, 0.1) is 0 Å². The quantitative estimate of drug-likeness (QED) is 0.820. The van der Waals surface area contributed by atoms with E-state index in [1.807, 2.05) is 24.3 Å². The zero-order chi connectivity index (χ0) is 13.0. The number of nitrogens with one attached hydrogen (secondary N) is 1. The zero-order valence-corrected chi connectivity index (χ0v) is 10.7. The number of halogens is 1. The van der Waals surface area contributed by atoms with Crippen molar-refractivity contribution in [2.45, 2.75) is 25.0 Å². The zero-order valence-electron chi connectivity index (χ0n) is 9.93. The third-order valence-corrected chi connectivity index (χ3v) is 3.16. The summed E-state index contributed by atoms with van der Waals surface area (Å²) in [6, 6.07) is 7.00. The van der Waals surface area contributed by atoms with Crippen LogP contribution in [0.5, 0.6) is 5.75 Å². The van der Waals surface area contributed by atoms with E-state index < -0.39 is 6.10 Å². The summed E-state index contributed by atoms with van der Waals surface area (Å²) in [5.41, 5.74) is 0.714. The van der Waals surface area contributed by atoms with E-state index in [9.17, 15) is 9.90 Å². The molecule has 98 valence electrons. The molecule has 0 aromatic heterocycles. The molecule has 0 spiro atoms. The average Bonchev–Trinajstić information content (AvgIpc) is 2.51. The van der Waals surface area contributed by atoms with Crippen LogP contribution < -0.4 is 10.1 Å². The fourth-order valence-corrected chi connectivity index (χ4v) is 2.21. The average molecular weight is 270 g/mol. The molecule has 4 nitrogen and oxygen atoms in total. The number of hydrogen-bond acceptors (Lipinski definition) is 3. The first-order chi connectivity index (χ1) is 8.72. The van der Waals surface area contributed by atoms with Crippen LogP contribution in [0.3, 0.4) is 0 Å². The molecule has 18 heavy (non-hydrogen) atoms. The summed E-state index contributed by atoms with van der Waals surface area (Å²) in [4.78, 5) is 11.5. The Morgan fingerprint density at radius 3 is 3.06 bits per heavy atom. The lowest BCUT2D eigenvalue weighted by molar-refractivity contribution is -0.122. The van der Waals surface area contributed by atoms with Crippen LogP contribution in [-0.4, -0.2) is 29.5 Å². The fraction of sp³-hybridized carbons (Fsp3) is 0.462. The molecule has 2 N–H and O–H groups in total. The van der Waals surface area contributed by atoms with Crippen molar-refractivity contribution < 1.29 is 14.6 Å². The Balaban J connectivity index is 2.12. The normalized spacial score (nSPS) is 22.6. The van der Waals surface area contributed by atoms with Gasteiger partial charge in [0.05, 0.1) is 12.6 Å². The van der Waals surface area contributed by atoms with Gasteiger partial charge in [-0.3, -0.25) is 4.79 Å². The lowest BCUT2D eigenvalue weighted by Gasteiger charge is -2.21. The number of hydrogen-bond donors (Lipinski definition) is 2. The molecular formula is C13H16ClNO3. The highest BCUT2D eigenvalue weighted by Crippen LogP contribution is 2.31. The molecule has 0 fully saturated rings. The molecular weight excluding hydrogens is 254 g/mol. The molecule has 0 saturated carbocycles. The van der Waals surface area contributed by atoms with Crippen molar-refractivity contribution in [3.05, 3.63) is 29.8 Å². The minimum absolute atomic E-state index is 0.145. The van der Waals surface area contributed by atoms with Gasteiger partial charge < -0.3 is 15.2 Å². The molecule has 1 aliphatic heterocycles. The maximum atomic E-state index is 11.5. The van der Waals surface area contributed by atoms with Crippen LogP contribution >= 0.6 is 11.6 Å². The summed E-state index contributed by atoms with van der Waals surface area (Å²) < 4.78 is 5.55. The molecule has 2 rings (SSSR count). The van der Waals surface area contributed by atoms with Crippen molar-refractivity contribution in [2.24, 2.45) is 0 Å². The van der Waals surface area contributed by atoms with Gasteiger partial charge in [0.2, 0.25) is 5.91 Å². The van der Waals surface area contributed by atoms with Crippen LogP contribution in [-0.2, 0) is 4.79 Å². The number of para-hydroxylation sites is 1. The van der Waals surface area contributed by atoms with Crippen molar-refractivity contribution in [2.75, 3.05) is 12.5 Å². The molecule has 0 radical (unpaired) electrons. The summed E-state index contributed by atoms with van der Waals surface area (Å²) in [7, 11) is 0. The molecule has 0 bridgehead atoms. The largest absolute Gasteiger partial charge is 0.493 e. The predicted octanol–water partition coefficient (Wildman–Crippen LogP) is 1.62. The molecule has 2 atom stereocenters. The summed E-state index contributed by atoms with van der Waals surface area (Å²) in [6.45, 7) is 0.472. The van der Waals surface area contributed by atoms with Gasteiger partial charge in [0, 0.05) is 24.3 Å². The Morgan fingerprint density at radius 2 is 2.28 bits per heavy atom. The summed E-state index contributed by atoms with van der Waals surface area (Å²) in [5.74, 6) is 0.814. The number of amides is 1. The topological polar surface area (TPSA) is 58.6 Å². The highest BCUT2D eigenvalue weighted by molar-refractivity contribution is 6.18. The number of aliphatic hydroxyl groups is 1. The van der Waals surface area contributed by atoms with Crippen LogP contribution in [0.4, 0.5) is 0 Å². The first-order valence-corrected chi connectivity index (χ1v) is 6.51. The van der Waals surface area contributed by atoms with Crippen LogP contribution in [0.2, 0.25) is 0 Å². The predicted molar refractivity (Wildman–Crippen MR) is 68.8 cm³/mol. The number of benzene rings is 1. The van der Waals surface area contributed by atoms with Crippen molar-refractivity contribution in [3.8, 4) is 5.75 Å². The number of rotatable bonds is 3. The van der Waals surface area contributed by atoms with Gasteiger partial charge in [-0.15, -0.1) is 11.6 Å². The molecule has 1 heterocycles. The Labute approximate surface area is 111 Å². The van der Waals surface area contributed by atoms with E-state index in [0.29, 0.717) is 24.3 Å². The summed E-state index contributed by atoms with van der Waals surface area (Å²) in [6.07, 6.45) is 0.0833. The van der Waals surface area contributed by atoms with Gasteiger partial charge in [-0.05, 0) is 6.07 Å². The highest BCUT2D eigenvalue weighted by Gasteiger charge is 2.27. The van der Waals surface area contributed by atoms with Gasteiger partial charge in [0.25, 0.3) is 0 Å². The van der Waals surface area contributed by atoms with E-state index in [1.54, 1.807) is 0 Å².